The molecule has 0 N–H and O–H groups in total. The molecule has 4 aromatic rings. The SMILES string of the molecule is COc1ccc(-c2nn3c(=O)n(-c4ccc(F)cc4)c(=O)nc3o2)cc1. The Hall–Kier alpha value is -3.75. The number of nitrogens with zero attached hydrogens (tertiary/aromatic N) is 4. The number of hydrogen-bond donors (Lipinski definition) is 0. The third kappa shape index (κ3) is 2.55. The predicted octanol–water partition coefficient (Wildman–Crippen LogP) is 1.65. The lowest BCUT2D eigenvalue weighted by molar-refractivity contribution is 0.415. The fourth-order valence-electron chi connectivity index (χ4n) is 2.45. The summed E-state index contributed by atoms with van der Waals surface area (Å²) in [4.78, 5) is 28.6. The molecule has 4 rings (SSSR count). The average molecular weight is 354 g/mol. The molecule has 0 fully saturated rings. The van der Waals surface area contributed by atoms with Crippen LogP contribution < -0.4 is 16.1 Å². The molecular formula is C17H11FN4O4. The van der Waals surface area contributed by atoms with Crippen LogP contribution in [0.3, 0.4) is 0 Å². The van der Waals surface area contributed by atoms with E-state index in [0.717, 1.165) is 21.2 Å². The van der Waals surface area contributed by atoms with Gasteiger partial charge in [0, 0.05) is 5.56 Å². The van der Waals surface area contributed by atoms with Gasteiger partial charge < -0.3 is 9.15 Å². The molecule has 2 aromatic heterocycles. The van der Waals surface area contributed by atoms with Crippen molar-refractivity contribution >= 4 is 5.84 Å². The Kier molecular flexibility index (Phi) is 3.61. The van der Waals surface area contributed by atoms with Crippen molar-refractivity contribution in [2.75, 3.05) is 7.11 Å². The molecule has 0 unspecified atom stereocenters. The lowest BCUT2D eigenvalue weighted by Gasteiger charge is -2.02. The minimum atomic E-state index is -0.848. The van der Waals surface area contributed by atoms with Crippen LogP contribution in [0.5, 0.6) is 5.75 Å². The Morgan fingerprint density at radius 1 is 1.04 bits per heavy atom. The Bertz CT molecular complexity index is 1210. The van der Waals surface area contributed by atoms with Crippen LogP contribution in [0.2, 0.25) is 0 Å². The first-order chi connectivity index (χ1) is 12.6. The van der Waals surface area contributed by atoms with Gasteiger partial charge in [-0.3, -0.25) is 0 Å². The summed E-state index contributed by atoms with van der Waals surface area (Å²) >= 11 is 0. The highest BCUT2D eigenvalue weighted by atomic mass is 19.1. The normalized spacial score (nSPS) is 11.0. The van der Waals surface area contributed by atoms with Crippen LogP contribution in [0.4, 0.5) is 4.39 Å². The van der Waals surface area contributed by atoms with Gasteiger partial charge in [0.05, 0.1) is 12.8 Å². The van der Waals surface area contributed by atoms with Gasteiger partial charge in [0.15, 0.2) is 0 Å². The second kappa shape index (κ2) is 5.96. The van der Waals surface area contributed by atoms with Crippen molar-refractivity contribution in [3.8, 4) is 22.9 Å². The quantitative estimate of drug-likeness (QED) is 0.555. The molecule has 0 saturated carbocycles. The van der Waals surface area contributed by atoms with Gasteiger partial charge in [0.1, 0.15) is 11.6 Å². The fraction of sp³-hybridized carbons (Fsp3) is 0.0588. The van der Waals surface area contributed by atoms with Crippen molar-refractivity contribution in [3.05, 3.63) is 75.3 Å². The highest BCUT2D eigenvalue weighted by Crippen LogP contribution is 2.21. The maximum atomic E-state index is 13.1. The summed E-state index contributed by atoms with van der Waals surface area (Å²) in [7, 11) is 1.54. The van der Waals surface area contributed by atoms with Gasteiger partial charge in [-0.1, -0.05) is 0 Å². The lowest BCUT2D eigenvalue weighted by atomic mass is 10.2. The minimum Gasteiger partial charge on any atom is -0.497 e. The van der Waals surface area contributed by atoms with Crippen molar-refractivity contribution in [2.24, 2.45) is 0 Å². The Labute approximate surface area is 144 Å². The van der Waals surface area contributed by atoms with E-state index < -0.39 is 17.2 Å². The molecule has 0 spiro atoms. The molecule has 0 bridgehead atoms. The summed E-state index contributed by atoms with van der Waals surface area (Å²) in [6.45, 7) is 0. The van der Waals surface area contributed by atoms with Gasteiger partial charge in [0.2, 0.25) is 5.89 Å². The predicted molar refractivity (Wildman–Crippen MR) is 89.1 cm³/mol. The Morgan fingerprint density at radius 2 is 1.73 bits per heavy atom. The first-order valence-corrected chi connectivity index (χ1v) is 7.50. The van der Waals surface area contributed by atoms with E-state index in [0.29, 0.717) is 11.3 Å². The molecule has 8 nitrogen and oxygen atoms in total. The van der Waals surface area contributed by atoms with E-state index in [9.17, 15) is 14.0 Å². The largest absolute Gasteiger partial charge is 0.497 e. The van der Waals surface area contributed by atoms with Crippen LogP contribution >= 0.6 is 0 Å². The lowest BCUT2D eigenvalue weighted by Crippen LogP contribution is -2.38. The number of aromatic nitrogens is 4. The summed E-state index contributed by atoms with van der Waals surface area (Å²) in [6, 6.07) is 11.7. The molecule has 0 atom stereocenters. The standard InChI is InChI=1S/C17H11FN4O4/c1-25-13-8-2-10(3-9-13)14-20-22-16(26-14)19-15(23)21(17(22)24)12-6-4-11(18)5-7-12/h2-9H,1H3. The van der Waals surface area contributed by atoms with E-state index in [1.165, 1.54) is 12.1 Å². The van der Waals surface area contributed by atoms with Gasteiger partial charge in [-0.25, -0.2) is 18.5 Å². The van der Waals surface area contributed by atoms with Crippen molar-refractivity contribution in [1.82, 2.24) is 19.2 Å². The van der Waals surface area contributed by atoms with E-state index in [4.69, 9.17) is 9.15 Å². The summed E-state index contributed by atoms with van der Waals surface area (Å²) in [6.07, 6.45) is 0. The molecule has 0 saturated heterocycles. The van der Waals surface area contributed by atoms with E-state index in [1.807, 2.05) is 0 Å². The molecule has 0 aliphatic heterocycles. The third-order valence-corrected chi connectivity index (χ3v) is 3.74. The van der Waals surface area contributed by atoms with Crippen molar-refractivity contribution < 1.29 is 13.5 Å². The number of rotatable bonds is 3. The van der Waals surface area contributed by atoms with E-state index in [2.05, 4.69) is 10.1 Å². The first-order valence-electron chi connectivity index (χ1n) is 7.50. The smallest absolute Gasteiger partial charge is 0.362 e. The molecule has 2 heterocycles. The Morgan fingerprint density at radius 3 is 2.38 bits per heavy atom. The molecule has 9 heteroatoms. The number of benzene rings is 2. The molecule has 26 heavy (non-hydrogen) atoms. The highest BCUT2D eigenvalue weighted by Gasteiger charge is 2.16. The van der Waals surface area contributed by atoms with E-state index in [-0.39, 0.29) is 17.4 Å². The maximum Gasteiger partial charge on any atom is 0.362 e. The number of fused-ring (bicyclic) bond motifs is 1. The summed E-state index contributed by atoms with van der Waals surface area (Å²) in [5, 5.41) is 4.08. The van der Waals surface area contributed by atoms with Crippen LogP contribution in [-0.2, 0) is 0 Å². The second-order valence-electron chi connectivity index (χ2n) is 5.32. The third-order valence-electron chi connectivity index (χ3n) is 3.74. The highest BCUT2D eigenvalue weighted by molar-refractivity contribution is 5.55. The topological polar surface area (TPSA) is 91.6 Å². The Balaban J connectivity index is 1.88. The second-order valence-corrected chi connectivity index (χ2v) is 5.32. The van der Waals surface area contributed by atoms with Gasteiger partial charge in [-0.15, -0.1) is 14.6 Å². The van der Waals surface area contributed by atoms with Gasteiger partial charge in [-0.05, 0) is 48.5 Å². The molecule has 130 valence electrons. The summed E-state index contributed by atoms with van der Waals surface area (Å²) in [5.74, 6) is 0.0491. The average Bonchev–Trinajstić information content (AvgIpc) is 3.07. The van der Waals surface area contributed by atoms with Crippen molar-refractivity contribution in [3.63, 3.8) is 0 Å². The van der Waals surface area contributed by atoms with Crippen LogP contribution in [0.25, 0.3) is 23.0 Å². The van der Waals surface area contributed by atoms with Crippen molar-refractivity contribution in [1.29, 1.82) is 0 Å². The number of hydrogen-bond acceptors (Lipinski definition) is 6. The molecular weight excluding hydrogens is 343 g/mol. The van der Waals surface area contributed by atoms with Gasteiger partial charge in [0.25, 0.3) is 0 Å². The number of halogens is 1. The monoisotopic (exact) mass is 354 g/mol. The maximum absolute atomic E-state index is 13.1. The molecule has 0 amide bonds. The number of ether oxygens (including phenoxy) is 1. The zero-order valence-corrected chi connectivity index (χ0v) is 13.4. The molecule has 2 aromatic carbocycles. The van der Waals surface area contributed by atoms with Gasteiger partial charge >= 0.3 is 17.2 Å². The number of methoxy groups -OCH3 is 1. The first kappa shape index (κ1) is 15.8. The molecule has 0 aliphatic rings. The summed E-state index contributed by atoms with van der Waals surface area (Å²) < 4.78 is 25.3. The fourth-order valence-corrected chi connectivity index (χ4v) is 2.45. The van der Waals surface area contributed by atoms with Crippen LogP contribution in [-0.4, -0.2) is 26.3 Å². The van der Waals surface area contributed by atoms with Gasteiger partial charge in [-0.2, -0.15) is 0 Å². The molecule has 0 aliphatic carbocycles. The van der Waals surface area contributed by atoms with Crippen LogP contribution in [0.1, 0.15) is 0 Å². The zero-order valence-electron chi connectivity index (χ0n) is 13.4. The van der Waals surface area contributed by atoms with E-state index >= 15 is 0 Å². The van der Waals surface area contributed by atoms with E-state index in [1.54, 1.807) is 31.4 Å². The summed E-state index contributed by atoms with van der Waals surface area (Å²) in [5.41, 5.74) is -0.858. The van der Waals surface area contributed by atoms with Crippen molar-refractivity contribution in [2.45, 2.75) is 0 Å². The minimum absolute atomic E-state index is 0.119. The van der Waals surface area contributed by atoms with Crippen LogP contribution in [0, 0.1) is 5.82 Å². The molecule has 0 radical (unpaired) electrons. The zero-order chi connectivity index (χ0) is 18.3. The van der Waals surface area contributed by atoms with Crippen LogP contribution in [0.15, 0.2) is 62.5 Å².